The first-order chi connectivity index (χ1) is 14.5. The van der Waals surface area contributed by atoms with Gasteiger partial charge < -0.3 is 9.72 Å². The predicted octanol–water partition coefficient (Wildman–Crippen LogP) is 2.48. The van der Waals surface area contributed by atoms with E-state index in [0.29, 0.717) is 36.5 Å². The second-order valence-electron chi connectivity index (χ2n) is 7.14. The molecule has 158 valence electrons. The second kappa shape index (κ2) is 9.22. The number of fused-ring (bicyclic) bond motifs is 1. The highest BCUT2D eigenvalue weighted by Crippen LogP contribution is 2.19. The van der Waals surface area contributed by atoms with Crippen molar-refractivity contribution in [3.8, 4) is 0 Å². The van der Waals surface area contributed by atoms with E-state index in [-0.39, 0.29) is 31.0 Å². The lowest BCUT2D eigenvalue weighted by atomic mass is 10.1. The Kier molecular flexibility index (Phi) is 6.43. The maximum absolute atomic E-state index is 13.2. The SMILES string of the molecule is O=c1[nH]c(CN(Cc2cccs2)S(=O)(=O)CCc2ccccc2)nc2c1COCC2. The van der Waals surface area contributed by atoms with Crippen molar-refractivity contribution in [1.82, 2.24) is 14.3 Å². The Morgan fingerprint density at radius 1 is 1.13 bits per heavy atom. The minimum absolute atomic E-state index is 0.00853. The molecule has 0 radical (unpaired) electrons. The lowest BCUT2D eigenvalue weighted by molar-refractivity contribution is 0.107. The Balaban J connectivity index is 1.58. The summed E-state index contributed by atoms with van der Waals surface area (Å²) in [4.78, 5) is 20.6. The van der Waals surface area contributed by atoms with E-state index in [4.69, 9.17) is 4.74 Å². The quantitative estimate of drug-likeness (QED) is 0.575. The number of aromatic amines is 1. The summed E-state index contributed by atoms with van der Waals surface area (Å²) in [5.41, 5.74) is 1.93. The Bertz CT molecular complexity index is 1140. The molecule has 9 heteroatoms. The van der Waals surface area contributed by atoms with Crippen LogP contribution in [0.15, 0.2) is 52.6 Å². The molecular formula is C21H23N3O4S2. The molecular weight excluding hydrogens is 422 g/mol. The van der Waals surface area contributed by atoms with Crippen LogP contribution in [0.3, 0.4) is 0 Å². The fraction of sp³-hybridized carbons (Fsp3) is 0.333. The molecule has 0 atom stereocenters. The van der Waals surface area contributed by atoms with E-state index in [1.807, 2.05) is 47.8 Å². The van der Waals surface area contributed by atoms with E-state index in [1.165, 1.54) is 15.6 Å². The van der Waals surface area contributed by atoms with Crippen LogP contribution in [-0.4, -0.2) is 35.1 Å². The number of aryl methyl sites for hydroxylation is 1. The van der Waals surface area contributed by atoms with Gasteiger partial charge in [-0.1, -0.05) is 36.4 Å². The normalized spacial score (nSPS) is 14.0. The molecule has 0 amide bonds. The van der Waals surface area contributed by atoms with Gasteiger partial charge in [-0.25, -0.2) is 13.4 Å². The molecule has 0 saturated heterocycles. The first-order valence-corrected chi connectivity index (χ1v) is 12.2. The van der Waals surface area contributed by atoms with Gasteiger partial charge in [0, 0.05) is 17.8 Å². The summed E-state index contributed by atoms with van der Waals surface area (Å²) in [6.45, 7) is 1.03. The number of nitrogens with one attached hydrogen (secondary N) is 1. The number of sulfonamides is 1. The molecule has 1 aromatic carbocycles. The average Bonchev–Trinajstić information content (AvgIpc) is 3.26. The highest BCUT2D eigenvalue weighted by atomic mass is 32.2. The zero-order chi connectivity index (χ0) is 21.0. The number of aromatic nitrogens is 2. The molecule has 0 spiro atoms. The van der Waals surface area contributed by atoms with Gasteiger partial charge in [0.05, 0.1) is 36.8 Å². The molecule has 0 aliphatic carbocycles. The third-order valence-electron chi connectivity index (χ3n) is 5.00. The highest BCUT2D eigenvalue weighted by Gasteiger charge is 2.25. The maximum Gasteiger partial charge on any atom is 0.256 e. The molecule has 3 aromatic rings. The Morgan fingerprint density at radius 3 is 2.73 bits per heavy atom. The van der Waals surface area contributed by atoms with Gasteiger partial charge >= 0.3 is 0 Å². The molecule has 1 aliphatic rings. The number of rotatable bonds is 8. The molecule has 4 rings (SSSR count). The first kappa shape index (κ1) is 20.9. The molecule has 3 heterocycles. The molecule has 1 N–H and O–H groups in total. The van der Waals surface area contributed by atoms with Crippen LogP contribution in [0.25, 0.3) is 0 Å². The van der Waals surface area contributed by atoms with E-state index in [9.17, 15) is 13.2 Å². The highest BCUT2D eigenvalue weighted by molar-refractivity contribution is 7.89. The van der Waals surface area contributed by atoms with Gasteiger partial charge in [-0.2, -0.15) is 4.31 Å². The maximum atomic E-state index is 13.2. The van der Waals surface area contributed by atoms with Crippen molar-refractivity contribution in [2.24, 2.45) is 0 Å². The Morgan fingerprint density at radius 2 is 1.97 bits per heavy atom. The van der Waals surface area contributed by atoms with Crippen molar-refractivity contribution in [3.63, 3.8) is 0 Å². The average molecular weight is 446 g/mol. The van der Waals surface area contributed by atoms with E-state index >= 15 is 0 Å². The molecule has 1 aliphatic heterocycles. The Labute approximate surface area is 179 Å². The fourth-order valence-electron chi connectivity index (χ4n) is 3.39. The molecule has 7 nitrogen and oxygen atoms in total. The van der Waals surface area contributed by atoms with Crippen LogP contribution in [0.1, 0.15) is 27.5 Å². The van der Waals surface area contributed by atoms with Crippen LogP contribution in [-0.2, 0) is 47.3 Å². The number of ether oxygens (including phenoxy) is 1. The summed E-state index contributed by atoms with van der Waals surface area (Å²) in [7, 11) is -3.58. The van der Waals surface area contributed by atoms with Crippen LogP contribution < -0.4 is 5.56 Å². The monoisotopic (exact) mass is 445 g/mol. The fourth-order valence-corrected chi connectivity index (χ4v) is 5.59. The zero-order valence-electron chi connectivity index (χ0n) is 16.4. The second-order valence-corrected chi connectivity index (χ2v) is 10.3. The van der Waals surface area contributed by atoms with Gasteiger partial charge in [0.25, 0.3) is 5.56 Å². The standard InChI is InChI=1S/C21H23N3O4S2/c25-21-18-15-28-10-8-19(18)22-20(23-21)14-24(13-17-7-4-11-29-17)30(26,27)12-9-16-5-2-1-3-6-16/h1-7,11H,8-10,12-15H2,(H,22,23,25). The number of thiophene rings is 1. The van der Waals surface area contributed by atoms with Gasteiger partial charge in [0.2, 0.25) is 10.0 Å². The summed E-state index contributed by atoms with van der Waals surface area (Å²) < 4.78 is 33.1. The van der Waals surface area contributed by atoms with Crippen molar-refractivity contribution in [1.29, 1.82) is 0 Å². The molecule has 0 saturated carbocycles. The number of hydrogen-bond acceptors (Lipinski definition) is 6. The van der Waals surface area contributed by atoms with Crippen LogP contribution in [0.5, 0.6) is 0 Å². The summed E-state index contributed by atoms with van der Waals surface area (Å²) >= 11 is 1.50. The van der Waals surface area contributed by atoms with Crippen molar-refractivity contribution >= 4 is 21.4 Å². The number of hydrogen-bond donors (Lipinski definition) is 1. The van der Waals surface area contributed by atoms with Crippen LogP contribution in [0.2, 0.25) is 0 Å². The van der Waals surface area contributed by atoms with Gasteiger partial charge in [0.1, 0.15) is 5.82 Å². The summed E-state index contributed by atoms with van der Waals surface area (Å²) in [5, 5.41) is 1.92. The smallest absolute Gasteiger partial charge is 0.256 e. The predicted molar refractivity (Wildman–Crippen MR) is 116 cm³/mol. The first-order valence-electron chi connectivity index (χ1n) is 9.74. The Hall–Kier alpha value is -2.33. The topological polar surface area (TPSA) is 92.4 Å². The lowest BCUT2D eigenvalue weighted by Gasteiger charge is -2.22. The third kappa shape index (κ3) is 5.04. The van der Waals surface area contributed by atoms with Crippen molar-refractivity contribution in [2.45, 2.75) is 32.5 Å². The van der Waals surface area contributed by atoms with E-state index in [0.717, 1.165) is 10.4 Å². The van der Waals surface area contributed by atoms with E-state index in [2.05, 4.69) is 9.97 Å². The van der Waals surface area contributed by atoms with Crippen molar-refractivity contribution in [2.75, 3.05) is 12.4 Å². The van der Waals surface area contributed by atoms with Crippen molar-refractivity contribution in [3.05, 3.63) is 85.7 Å². The molecule has 0 unspecified atom stereocenters. The third-order valence-corrected chi connectivity index (χ3v) is 7.63. The number of H-pyrrole nitrogens is 1. The minimum atomic E-state index is -3.58. The van der Waals surface area contributed by atoms with Crippen LogP contribution in [0.4, 0.5) is 0 Å². The van der Waals surface area contributed by atoms with E-state index in [1.54, 1.807) is 0 Å². The largest absolute Gasteiger partial charge is 0.376 e. The van der Waals surface area contributed by atoms with Gasteiger partial charge in [-0.15, -0.1) is 11.3 Å². The summed E-state index contributed by atoms with van der Waals surface area (Å²) in [6.07, 6.45) is 0.980. The number of nitrogens with zero attached hydrogens (tertiary/aromatic N) is 2. The zero-order valence-corrected chi connectivity index (χ0v) is 18.0. The summed E-state index contributed by atoms with van der Waals surface area (Å²) in [6, 6.07) is 13.4. The van der Waals surface area contributed by atoms with Gasteiger partial charge in [-0.05, 0) is 23.4 Å². The molecule has 2 aromatic heterocycles. The lowest BCUT2D eigenvalue weighted by Crippen LogP contribution is -2.35. The van der Waals surface area contributed by atoms with Crippen molar-refractivity contribution < 1.29 is 13.2 Å². The molecule has 30 heavy (non-hydrogen) atoms. The van der Waals surface area contributed by atoms with Gasteiger partial charge in [-0.3, -0.25) is 4.79 Å². The van der Waals surface area contributed by atoms with Gasteiger partial charge in [0.15, 0.2) is 0 Å². The minimum Gasteiger partial charge on any atom is -0.376 e. The van der Waals surface area contributed by atoms with E-state index < -0.39 is 10.0 Å². The number of benzene rings is 1. The summed E-state index contributed by atoms with van der Waals surface area (Å²) in [5.74, 6) is 0.353. The molecule has 0 fully saturated rings. The van der Waals surface area contributed by atoms with Crippen LogP contribution in [0, 0.1) is 0 Å². The van der Waals surface area contributed by atoms with Crippen LogP contribution >= 0.6 is 11.3 Å². The molecule has 0 bridgehead atoms.